The van der Waals surface area contributed by atoms with Crippen molar-refractivity contribution in [2.24, 2.45) is 0 Å². The molecule has 3 nitrogen and oxygen atoms in total. The Kier molecular flexibility index (Phi) is 5.70. The molecule has 0 bridgehead atoms. The zero-order valence-corrected chi connectivity index (χ0v) is 12.7. The summed E-state index contributed by atoms with van der Waals surface area (Å²) in [6, 6.07) is 5.25. The second kappa shape index (κ2) is 7.29. The van der Waals surface area contributed by atoms with Gasteiger partial charge in [0.1, 0.15) is 0 Å². The van der Waals surface area contributed by atoms with Crippen molar-refractivity contribution in [1.82, 2.24) is 5.32 Å². The molecule has 2 rings (SSSR count). The van der Waals surface area contributed by atoms with Gasteiger partial charge in [0.2, 0.25) is 0 Å². The quantitative estimate of drug-likeness (QED) is 0.826. The molecule has 6 heteroatoms. The monoisotopic (exact) mass is 318 g/mol. The largest absolute Gasteiger partial charge is 0.378 e. The molecule has 2 N–H and O–H groups in total. The fraction of sp³-hybridized carbons (Fsp3) is 0.462. The normalized spacial score (nSPS) is 18.3. The molecule has 1 fully saturated rings. The highest BCUT2D eigenvalue weighted by Gasteiger charge is 2.14. The Hall–Kier alpha value is -0.550. The molecule has 1 aliphatic rings. The summed E-state index contributed by atoms with van der Waals surface area (Å²) in [7, 11) is 0. The molecule has 0 radical (unpaired) electrons. The highest BCUT2D eigenvalue weighted by molar-refractivity contribution is 7.80. The number of rotatable bonds is 4. The Balaban J connectivity index is 1.74. The standard InChI is InChI=1S/C13H16Cl2N2OS/c14-9-3-4-12(11(15)8-9)17-13(19)16-6-5-10-2-1-7-18-10/h3-4,8,10H,1-2,5-7H2,(H2,16,17,19). The van der Waals surface area contributed by atoms with Crippen LogP contribution in [-0.2, 0) is 4.74 Å². The summed E-state index contributed by atoms with van der Waals surface area (Å²) in [6.45, 7) is 1.68. The SMILES string of the molecule is S=C(NCCC1CCCO1)Nc1ccc(Cl)cc1Cl. The Bertz CT molecular complexity index is 450. The lowest BCUT2D eigenvalue weighted by molar-refractivity contribution is 0.105. The van der Waals surface area contributed by atoms with Crippen LogP contribution in [0.5, 0.6) is 0 Å². The summed E-state index contributed by atoms with van der Waals surface area (Å²) in [5.41, 5.74) is 0.751. The first-order valence-electron chi connectivity index (χ1n) is 6.26. The summed E-state index contributed by atoms with van der Waals surface area (Å²) < 4.78 is 5.55. The van der Waals surface area contributed by atoms with Gasteiger partial charge in [-0.2, -0.15) is 0 Å². The van der Waals surface area contributed by atoms with Crippen molar-refractivity contribution < 1.29 is 4.74 Å². The van der Waals surface area contributed by atoms with Gasteiger partial charge < -0.3 is 15.4 Å². The molecule has 1 saturated heterocycles. The molecule has 19 heavy (non-hydrogen) atoms. The molecule has 1 aromatic carbocycles. The number of thiocarbonyl (C=S) groups is 1. The van der Waals surface area contributed by atoms with E-state index in [1.807, 2.05) is 0 Å². The van der Waals surface area contributed by atoms with Crippen LogP contribution in [0.4, 0.5) is 5.69 Å². The molecule has 104 valence electrons. The van der Waals surface area contributed by atoms with Crippen molar-refractivity contribution in [1.29, 1.82) is 0 Å². The minimum atomic E-state index is 0.370. The van der Waals surface area contributed by atoms with E-state index >= 15 is 0 Å². The van der Waals surface area contributed by atoms with E-state index in [9.17, 15) is 0 Å². The zero-order valence-electron chi connectivity index (χ0n) is 10.4. The maximum atomic E-state index is 6.06. The molecular weight excluding hydrogens is 303 g/mol. The van der Waals surface area contributed by atoms with E-state index in [0.29, 0.717) is 21.3 Å². The summed E-state index contributed by atoms with van der Waals surface area (Å²) >= 11 is 17.1. The van der Waals surface area contributed by atoms with Crippen LogP contribution in [0.2, 0.25) is 10.0 Å². The molecular formula is C13H16Cl2N2OS. The second-order valence-corrected chi connectivity index (χ2v) is 5.68. The van der Waals surface area contributed by atoms with Crippen molar-refractivity contribution in [2.75, 3.05) is 18.5 Å². The highest BCUT2D eigenvalue weighted by Crippen LogP contribution is 2.25. The van der Waals surface area contributed by atoms with Crippen LogP contribution in [-0.4, -0.2) is 24.4 Å². The zero-order chi connectivity index (χ0) is 13.7. The van der Waals surface area contributed by atoms with E-state index in [-0.39, 0.29) is 0 Å². The first kappa shape index (κ1) is 14.9. The van der Waals surface area contributed by atoms with E-state index in [1.54, 1.807) is 18.2 Å². The lowest BCUT2D eigenvalue weighted by Crippen LogP contribution is -2.31. The van der Waals surface area contributed by atoms with Crippen LogP contribution in [0.1, 0.15) is 19.3 Å². The minimum Gasteiger partial charge on any atom is -0.378 e. The molecule has 1 aliphatic heterocycles. The van der Waals surface area contributed by atoms with Gasteiger partial charge >= 0.3 is 0 Å². The van der Waals surface area contributed by atoms with Crippen LogP contribution >= 0.6 is 35.4 Å². The Labute approximate surface area is 128 Å². The van der Waals surface area contributed by atoms with Crippen molar-refractivity contribution in [3.05, 3.63) is 28.2 Å². The maximum absolute atomic E-state index is 6.06. The van der Waals surface area contributed by atoms with Crippen LogP contribution in [0, 0.1) is 0 Å². The summed E-state index contributed by atoms with van der Waals surface area (Å²) in [6.07, 6.45) is 3.64. The van der Waals surface area contributed by atoms with Crippen LogP contribution in [0.3, 0.4) is 0 Å². The fourth-order valence-corrected chi connectivity index (χ4v) is 2.64. The van der Waals surface area contributed by atoms with Crippen molar-refractivity contribution in [3.8, 4) is 0 Å². The van der Waals surface area contributed by atoms with Gasteiger partial charge in [0.25, 0.3) is 0 Å². The Morgan fingerprint density at radius 2 is 2.26 bits per heavy atom. The number of benzene rings is 1. The molecule has 0 spiro atoms. The third-order valence-electron chi connectivity index (χ3n) is 2.96. The van der Waals surface area contributed by atoms with E-state index in [4.69, 9.17) is 40.2 Å². The number of ether oxygens (including phenoxy) is 1. The average molecular weight is 319 g/mol. The van der Waals surface area contributed by atoms with Gasteiger partial charge in [0.15, 0.2) is 5.11 Å². The van der Waals surface area contributed by atoms with Gasteiger partial charge in [-0.15, -0.1) is 0 Å². The predicted octanol–water partition coefficient (Wildman–Crippen LogP) is 3.85. The van der Waals surface area contributed by atoms with Crippen LogP contribution in [0.25, 0.3) is 0 Å². The summed E-state index contributed by atoms with van der Waals surface area (Å²) in [4.78, 5) is 0. The molecule has 1 heterocycles. The summed E-state index contributed by atoms with van der Waals surface area (Å²) in [5.74, 6) is 0. The lowest BCUT2D eigenvalue weighted by Gasteiger charge is -2.13. The molecule has 1 unspecified atom stereocenters. The molecule has 0 aliphatic carbocycles. The number of hydrogen-bond donors (Lipinski definition) is 2. The topological polar surface area (TPSA) is 33.3 Å². The van der Waals surface area contributed by atoms with E-state index in [1.165, 1.54) is 0 Å². The average Bonchev–Trinajstić information content (AvgIpc) is 2.86. The smallest absolute Gasteiger partial charge is 0.170 e. The van der Waals surface area contributed by atoms with Gasteiger partial charge in [-0.3, -0.25) is 0 Å². The molecule has 0 saturated carbocycles. The van der Waals surface area contributed by atoms with Crippen LogP contribution < -0.4 is 10.6 Å². The Morgan fingerprint density at radius 3 is 2.95 bits per heavy atom. The number of hydrogen-bond acceptors (Lipinski definition) is 2. The van der Waals surface area contributed by atoms with Gasteiger partial charge in [-0.05, 0) is 49.7 Å². The second-order valence-electron chi connectivity index (χ2n) is 4.43. The first-order chi connectivity index (χ1) is 9.15. The van der Waals surface area contributed by atoms with Gasteiger partial charge in [-0.25, -0.2) is 0 Å². The van der Waals surface area contributed by atoms with Crippen molar-refractivity contribution in [2.45, 2.75) is 25.4 Å². The highest BCUT2D eigenvalue weighted by atomic mass is 35.5. The maximum Gasteiger partial charge on any atom is 0.170 e. The fourth-order valence-electron chi connectivity index (χ4n) is 1.98. The minimum absolute atomic E-state index is 0.370. The van der Waals surface area contributed by atoms with Crippen molar-refractivity contribution >= 4 is 46.2 Å². The van der Waals surface area contributed by atoms with Crippen LogP contribution in [0.15, 0.2) is 18.2 Å². The Morgan fingerprint density at radius 1 is 1.42 bits per heavy atom. The molecule has 1 aromatic rings. The third-order valence-corrected chi connectivity index (χ3v) is 3.75. The lowest BCUT2D eigenvalue weighted by atomic mass is 10.2. The van der Waals surface area contributed by atoms with E-state index in [0.717, 1.165) is 38.1 Å². The van der Waals surface area contributed by atoms with E-state index < -0.39 is 0 Å². The summed E-state index contributed by atoms with van der Waals surface area (Å²) in [5, 5.41) is 7.91. The number of halogens is 2. The molecule has 0 amide bonds. The van der Waals surface area contributed by atoms with E-state index in [2.05, 4.69) is 10.6 Å². The van der Waals surface area contributed by atoms with Gasteiger partial charge in [0, 0.05) is 18.2 Å². The van der Waals surface area contributed by atoms with Gasteiger partial charge in [0.05, 0.1) is 16.8 Å². The first-order valence-corrected chi connectivity index (χ1v) is 7.43. The number of nitrogens with one attached hydrogen (secondary N) is 2. The van der Waals surface area contributed by atoms with Gasteiger partial charge in [-0.1, -0.05) is 23.2 Å². The van der Waals surface area contributed by atoms with Crippen molar-refractivity contribution in [3.63, 3.8) is 0 Å². The number of anilines is 1. The third kappa shape index (κ3) is 4.80. The predicted molar refractivity (Wildman–Crippen MR) is 84.3 cm³/mol. The molecule has 1 atom stereocenters. The molecule has 0 aromatic heterocycles.